The summed E-state index contributed by atoms with van der Waals surface area (Å²) >= 11 is 0. The maximum Gasteiger partial charge on any atom is 0.215 e. The zero-order chi connectivity index (χ0) is 14.3. The van der Waals surface area contributed by atoms with E-state index in [4.69, 9.17) is 5.84 Å². The monoisotopic (exact) mass is 291 g/mol. The third-order valence-corrected chi connectivity index (χ3v) is 5.07. The molecule has 0 unspecified atom stereocenters. The van der Waals surface area contributed by atoms with Gasteiger partial charge in [-0.3, -0.25) is 10.4 Å². The summed E-state index contributed by atoms with van der Waals surface area (Å²) in [5.74, 6) is 5.85. The molecule has 112 valence electrons. The van der Waals surface area contributed by atoms with Crippen LogP contribution in [0.2, 0.25) is 0 Å². The van der Waals surface area contributed by atoms with Crippen LogP contribution >= 0.6 is 0 Å². The van der Waals surface area contributed by atoms with Crippen molar-refractivity contribution in [1.29, 1.82) is 0 Å². The molecule has 0 aromatic heterocycles. The minimum absolute atomic E-state index is 0.0163. The van der Waals surface area contributed by atoms with Crippen LogP contribution in [-0.4, -0.2) is 51.1 Å². The molecule has 0 amide bonds. The number of rotatable bonds is 5. The highest BCUT2D eigenvalue weighted by molar-refractivity contribution is 7.89. The Kier molecular flexibility index (Phi) is 6.53. The van der Waals surface area contributed by atoms with Crippen molar-refractivity contribution in [2.24, 2.45) is 10.8 Å². The number of hydrogen-bond acceptors (Lipinski definition) is 4. The van der Waals surface area contributed by atoms with E-state index in [0.717, 1.165) is 12.8 Å². The van der Waals surface area contributed by atoms with Gasteiger partial charge >= 0.3 is 0 Å². The van der Waals surface area contributed by atoms with Crippen LogP contribution in [0.15, 0.2) is 4.99 Å². The molecule has 0 saturated heterocycles. The minimum atomic E-state index is -3.21. The molecule has 1 rings (SSSR count). The lowest BCUT2D eigenvalue weighted by molar-refractivity contribution is 0.410. The zero-order valence-corrected chi connectivity index (χ0v) is 12.5. The van der Waals surface area contributed by atoms with Crippen LogP contribution in [0.25, 0.3) is 0 Å². The molecule has 0 heterocycles. The molecule has 0 atom stereocenters. The third-order valence-electron chi connectivity index (χ3n) is 3.26. The molecule has 8 heteroatoms. The maximum absolute atomic E-state index is 11.6. The third kappa shape index (κ3) is 5.75. The minimum Gasteiger partial charge on any atom is -0.353 e. The summed E-state index contributed by atoms with van der Waals surface area (Å²) < 4.78 is 24.4. The molecule has 7 nitrogen and oxygen atoms in total. The molecule has 1 saturated carbocycles. The largest absolute Gasteiger partial charge is 0.353 e. The van der Waals surface area contributed by atoms with E-state index in [0.29, 0.717) is 12.0 Å². The first kappa shape index (κ1) is 16.2. The van der Waals surface area contributed by atoms with Gasteiger partial charge in [0.15, 0.2) is 0 Å². The van der Waals surface area contributed by atoms with Crippen LogP contribution in [0.4, 0.5) is 0 Å². The summed E-state index contributed by atoms with van der Waals surface area (Å²) in [6.07, 6.45) is 5.92. The molecular weight excluding hydrogens is 266 g/mol. The highest BCUT2D eigenvalue weighted by Gasteiger charge is 2.15. The Morgan fingerprint density at radius 2 is 1.95 bits per heavy atom. The second-order valence-corrected chi connectivity index (χ2v) is 7.25. The summed E-state index contributed by atoms with van der Waals surface area (Å²) in [6, 6.07) is 0.383. The highest BCUT2D eigenvalue weighted by Crippen LogP contribution is 2.17. The predicted octanol–water partition coefficient (Wildman–Crippen LogP) is -0.381. The summed E-state index contributed by atoms with van der Waals surface area (Å²) in [5, 5.41) is 3.23. The Morgan fingerprint density at radius 1 is 1.32 bits per heavy atom. The molecule has 0 radical (unpaired) electrons. The van der Waals surface area contributed by atoms with Gasteiger partial charge in [-0.05, 0) is 12.8 Å². The highest BCUT2D eigenvalue weighted by atomic mass is 32.2. The van der Waals surface area contributed by atoms with Gasteiger partial charge in [-0.1, -0.05) is 19.3 Å². The lowest BCUT2D eigenvalue weighted by atomic mass is 9.96. The van der Waals surface area contributed by atoms with E-state index in [2.05, 4.69) is 15.7 Å². The molecule has 4 N–H and O–H groups in total. The van der Waals surface area contributed by atoms with E-state index in [1.54, 1.807) is 0 Å². The van der Waals surface area contributed by atoms with Gasteiger partial charge in [-0.25, -0.2) is 18.6 Å². The Balaban J connectivity index is 2.43. The predicted molar refractivity (Wildman–Crippen MR) is 77.1 cm³/mol. The Morgan fingerprint density at radius 3 is 2.47 bits per heavy atom. The lowest BCUT2D eigenvalue weighted by Gasteiger charge is -2.24. The summed E-state index contributed by atoms with van der Waals surface area (Å²) in [6.45, 7) is 0.194. The molecule has 1 fully saturated rings. The van der Waals surface area contributed by atoms with Crippen molar-refractivity contribution in [2.75, 3.05) is 26.4 Å². The van der Waals surface area contributed by atoms with E-state index >= 15 is 0 Å². The number of nitrogens with zero attached hydrogens (tertiary/aromatic N) is 2. The number of hydrogen-bond donors (Lipinski definition) is 3. The molecule has 0 aromatic carbocycles. The van der Waals surface area contributed by atoms with E-state index in [1.165, 1.54) is 37.7 Å². The van der Waals surface area contributed by atoms with Gasteiger partial charge in [0.05, 0.1) is 12.3 Å². The van der Waals surface area contributed by atoms with E-state index < -0.39 is 10.0 Å². The summed E-state index contributed by atoms with van der Waals surface area (Å²) in [7, 11) is -0.175. The Bertz CT molecular complexity index is 388. The Hall–Kier alpha value is -0.860. The van der Waals surface area contributed by atoms with E-state index in [9.17, 15) is 8.42 Å². The number of nitrogens with one attached hydrogen (secondary N) is 2. The smallest absolute Gasteiger partial charge is 0.215 e. The number of nitrogens with two attached hydrogens (primary N) is 1. The van der Waals surface area contributed by atoms with Crippen molar-refractivity contribution in [3.8, 4) is 0 Å². The first-order valence-electron chi connectivity index (χ1n) is 6.63. The molecule has 0 bridgehead atoms. The SMILES string of the molecule is CN(C)S(=O)(=O)CCN=C(NN)NC1CCCCC1. The number of sulfonamides is 1. The molecule has 1 aliphatic carbocycles. The van der Waals surface area contributed by atoms with Crippen molar-refractivity contribution in [3.05, 3.63) is 0 Å². The van der Waals surface area contributed by atoms with Crippen LogP contribution in [-0.2, 0) is 10.0 Å². The number of hydrazine groups is 1. The molecule has 19 heavy (non-hydrogen) atoms. The first-order valence-corrected chi connectivity index (χ1v) is 8.24. The first-order chi connectivity index (χ1) is 8.95. The van der Waals surface area contributed by atoms with Crippen molar-refractivity contribution >= 4 is 16.0 Å². The fraction of sp³-hybridized carbons (Fsp3) is 0.909. The molecular formula is C11H25N5O2S. The quantitative estimate of drug-likeness (QED) is 0.277. The molecule has 1 aliphatic rings. The number of guanidine groups is 1. The fourth-order valence-electron chi connectivity index (χ4n) is 2.03. The lowest BCUT2D eigenvalue weighted by Crippen LogP contribution is -2.47. The topological polar surface area (TPSA) is 99.8 Å². The van der Waals surface area contributed by atoms with Crippen molar-refractivity contribution in [1.82, 2.24) is 15.0 Å². The van der Waals surface area contributed by atoms with E-state index in [-0.39, 0.29) is 12.3 Å². The van der Waals surface area contributed by atoms with Gasteiger partial charge in [-0.15, -0.1) is 0 Å². The summed E-state index contributed by atoms with van der Waals surface area (Å²) in [5.41, 5.74) is 2.50. The second kappa shape index (κ2) is 7.66. The van der Waals surface area contributed by atoms with E-state index in [1.807, 2.05) is 0 Å². The van der Waals surface area contributed by atoms with Gasteiger partial charge in [0.25, 0.3) is 0 Å². The van der Waals surface area contributed by atoms with Crippen molar-refractivity contribution in [3.63, 3.8) is 0 Å². The van der Waals surface area contributed by atoms with Crippen molar-refractivity contribution in [2.45, 2.75) is 38.1 Å². The van der Waals surface area contributed by atoms with Crippen LogP contribution < -0.4 is 16.6 Å². The van der Waals surface area contributed by atoms with Gasteiger partial charge in [0, 0.05) is 20.1 Å². The average molecular weight is 291 g/mol. The average Bonchev–Trinajstić information content (AvgIpc) is 2.38. The maximum atomic E-state index is 11.6. The van der Waals surface area contributed by atoms with Gasteiger partial charge in [0.2, 0.25) is 16.0 Å². The van der Waals surface area contributed by atoms with Crippen LogP contribution in [0, 0.1) is 0 Å². The van der Waals surface area contributed by atoms with Crippen LogP contribution in [0.3, 0.4) is 0 Å². The standard InChI is InChI=1S/C11H25N5O2S/c1-16(2)19(17,18)9-8-13-11(15-12)14-10-6-4-3-5-7-10/h10H,3-9,12H2,1-2H3,(H2,13,14,15). The van der Waals surface area contributed by atoms with Gasteiger partial charge < -0.3 is 5.32 Å². The van der Waals surface area contributed by atoms with Gasteiger partial charge in [-0.2, -0.15) is 0 Å². The number of aliphatic imine (C=N–C) groups is 1. The van der Waals surface area contributed by atoms with Crippen LogP contribution in [0.5, 0.6) is 0 Å². The van der Waals surface area contributed by atoms with Gasteiger partial charge in [0.1, 0.15) is 0 Å². The fourth-order valence-corrected chi connectivity index (χ4v) is 2.72. The normalized spacial score (nSPS) is 18.6. The van der Waals surface area contributed by atoms with Crippen LogP contribution in [0.1, 0.15) is 32.1 Å². The second-order valence-electron chi connectivity index (χ2n) is 4.95. The Labute approximate surface area is 115 Å². The van der Waals surface area contributed by atoms with Crippen molar-refractivity contribution < 1.29 is 8.42 Å². The molecule has 0 aromatic rings. The summed E-state index contributed by atoms with van der Waals surface area (Å²) in [4.78, 5) is 4.17. The molecule has 0 aliphatic heterocycles. The molecule has 0 spiro atoms. The zero-order valence-electron chi connectivity index (χ0n) is 11.7.